The summed E-state index contributed by atoms with van der Waals surface area (Å²) >= 11 is 8.33. The molecule has 72 valence electrons. The van der Waals surface area contributed by atoms with Gasteiger partial charge in [-0.2, -0.15) is 0 Å². The van der Waals surface area contributed by atoms with E-state index < -0.39 is 5.82 Å². The molecule has 0 aliphatic rings. The average Bonchev–Trinajstić information content (AvgIpc) is 2.64. The molecular formula is C8H4ClFN2S2. The largest absolute Gasteiger partial charge is 0.223 e. The molecule has 0 aliphatic carbocycles. The van der Waals surface area contributed by atoms with E-state index in [1.165, 1.54) is 23.1 Å². The van der Waals surface area contributed by atoms with Crippen LogP contribution in [0.25, 0.3) is 0 Å². The van der Waals surface area contributed by atoms with Crippen LogP contribution >= 0.6 is 34.7 Å². The lowest BCUT2D eigenvalue weighted by Gasteiger charge is -1.98. The van der Waals surface area contributed by atoms with Crippen LogP contribution in [0.2, 0.25) is 5.28 Å². The first-order valence-electron chi connectivity index (χ1n) is 3.65. The Labute approximate surface area is 93.2 Å². The van der Waals surface area contributed by atoms with Crippen LogP contribution in [-0.4, -0.2) is 9.97 Å². The standard InChI is InChI=1S/C8H4ClFN2S2/c9-8-11-4-5(10)7(12-8)14-6-2-1-3-13-6/h1-4H. The highest BCUT2D eigenvalue weighted by molar-refractivity contribution is 8.01. The van der Waals surface area contributed by atoms with E-state index in [0.29, 0.717) is 0 Å². The molecule has 0 aromatic carbocycles. The van der Waals surface area contributed by atoms with Gasteiger partial charge in [-0.3, -0.25) is 0 Å². The number of hydrogen-bond donors (Lipinski definition) is 0. The summed E-state index contributed by atoms with van der Waals surface area (Å²) in [5, 5.41) is 2.24. The predicted molar refractivity (Wildman–Crippen MR) is 55.4 cm³/mol. The predicted octanol–water partition coefficient (Wildman–Crippen LogP) is 3.48. The molecule has 0 aliphatic heterocycles. The maximum atomic E-state index is 13.2. The van der Waals surface area contributed by atoms with Crippen molar-refractivity contribution in [1.82, 2.24) is 9.97 Å². The van der Waals surface area contributed by atoms with Crippen LogP contribution in [0.3, 0.4) is 0 Å². The summed E-state index contributed by atoms with van der Waals surface area (Å²) in [7, 11) is 0. The fraction of sp³-hybridized carbons (Fsp3) is 0. The van der Waals surface area contributed by atoms with Gasteiger partial charge in [-0.1, -0.05) is 17.8 Å². The van der Waals surface area contributed by atoms with Crippen LogP contribution in [0.15, 0.2) is 32.9 Å². The van der Waals surface area contributed by atoms with Crippen LogP contribution in [0, 0.1) is 5.82 Å². The van der Waals surface area contributed by atoms with Gasteiger partial charge in [-0.05, 0) is 23.0 Å². The summed E-state index contributed by atoms with van der Waals surface area (Å²) in [5.41, 5.74) is 0. The van der Waals surface area contributed by atoms with Crippen molar-refractivity contribution in [3.63, 3.8) is 0 Å². The van der Waals surface area contributed by atoms with Crippen molar-refractivity contribution in [3.8, 4) is 0 Å². The van der Waals surface area contributed by atoms with Crippen molar-refractivity contribution in [2.75, 3.05) is 0 Å². The van der Waals surface area contributed by atoms with Gasteiger partial charge in [0.05, 0.1) is 10.4 Å². The molecule has 14 heavy (non-hydrogen) atoms. The zero-order valence-corrected chi connectivity index (χ0v) is 9.17. The summed E-state index contributed by atoms with van der Waals surface area (Å²) in [6, 6.07) is 3.79. The van der Waals surface area contributed by atoms with Crippen molar-refractivity contribution >= 4 is 34.7 Å². The minimum Gasteiger partial charge on any atom is -0.223 e. The van der Waals surface area contributed by atoms with Gasteiger partial charge in [0.2, 0.25) is 5.28 Å². The summed E-state index contributed by atoms with van der Waals surface area (Å²) in [6.45, 7) is 0. The number of halogens is 2. The Morgan fingerprint density at radius 1 is 1.50 bits per heavy atom. The number of hydrogen-bond acceptors (Lipinski definition) is 4. The van der Waals surface area contributed by atoms with Crippen LogP contribution in [0.5, 0.6) is 0 Å². The molecule has 2 aromatic heterocycles. The Hall–Kier alpha value is -0.650. The van der Waals surface area contributed by atoms with E-state index in [-0.39, 0.29) is 10.3 Å². The highest BCUT2D eigenvalue weighted by Crippen LogP contribution is 2.31. The van der Waals surface area contributed by atoms with Gasteiger partial charge in [-0.25, -0.2) is 14.4 Å². The Morgan fingerprint density at radius 2 is 2.36 bits per heavy atom. The molecule has 0 atom stereocenters. The third-order valence-electron chi connectivity index (χ3n) is 1.37. The molecule has 0 N–H and O–H groups in total. The monoisotopic (exact) mass is 246 g/mol. The minimum absolute atomic E-state index is 0.0606. The molecular weight excluding hydrogens is 243 g/mol. The highest BCUT2D eigenvalue weighted by Gasteiger charge is 2.08. The SMILES string of the molecule is Fc1cnc(Cl)nc1Sc1cccs1. The second kappa shape index (κ2) is 4.25. The van der Waals surface area contributed by atoms with E-state index in [4.69, 9.17) is 11.6 Å². The molecule has 2 rings (SSSR count). The Balaban J connectivity index is 2.28. The van der Waals surface area contributed by atoms with E-state index in [1.807, 2.05) is 17.5 Å². The van der Waals surface area contributed by atoms with Gasteiger partial charge in [-0.15, -0.1) is 11.3 Å². The summed E-state index contributed by atoms with van der Waals surface area (Å²) in [4.78, 5) is 7.33. The number of aromatic nitrogens is 2. The Bertz CT molecular complexity index is 433. The molecule has 0 spiro atoms. The van der Waals surface area contributed by atoms with E-state index in [9.17, 15) is 4.39 Å². The fourth-order valence-corrected chi connectivity index (χ4v) is 2.67. The molecule has 0 amide bonds. The zero-order valence-electron chi connectivity index (χ0n) is 6.78. The molecule has 6 heteroatoms. The summed E-state index contributed by atoms with van der Waals surface area (Å²) in [6.07, 6.45) is 1.07. The van der Waals surface area contributed by atoms with Crippen molar-refractivity contribution < 1.29 is 4.39 Å². The number of nitrogens with zero attached hydrogens (tertiary/aromatic N) is 2. The fourth-order valence-electron chi connectivity index (χ4n) is 0.820. The maximum absolute atomic E-state index is 13.2. The van der Waals surface area contributed by atoms with Crippen LogP contribution in [-0.2, 0) is 0 Å². The first-order valence-corrected chi connectivity index (χ1v) is 5.72. The van der Waals surface area contributed by atoms with Crippen molar-refractivity contribution in [3.05, 3.63) is 34.8 Å². The van der Waals surface area contributed by atoms with Crippen LogP contribution in [0.1, 0.15) is 0 Å². The number of rotatable bonds is 2. The second-order valence-corrected chi connectivity index (χ2v) is 4.90. The van der Waals surface area contributed by atoms with Gasteiger partial charge >= 0.3 is 0 Å². The summed E-state index contributed by atoms with van der Waals surface area (Å²) in [5.74, 6) is -0.451. The smallest absolute Gasteiger partial charge is 0.223 e. The van der Waals surface area contributed by atoms with Gasteiger partial charge in [0, 0.05) is 0 Å². The molecule has 2 heterocycles. The molecule has 0 radical (unpaired) electrons. The van der Waals surface area contributed by atoms with Crippen LogP contribution < -0.4 is 0 Å². The second-order valence-electron chi connectivity index (χ2n) is 2.33. The van der Waals surface area contributed by atoms with E-state index >= 15 is 0 Å². The lowest BCUT2D eigenvalue weighted by atomic mass is 10.6. The van der Waals surface area contributed by atoms with Gasteiger partial charge in [0.15, 0.2) is 5.82 Å². The first-order chi connectivity index (χ1) is 6.75. The third-order valence-corrected chi connectivity index (χ3v) is 3.57. The molecule has 0 bridgehead atoms. The topological polar surface area (TPSA) is 25.8 Å². The van der Waals surface area contributed by atoms with Crippen molar-refractivity contribution in [2.45, 2.75) is 9.24 Å². The van der Waals surface area contributed by atoms with Crippen molar-refractivity contribution in [1.29, 1.82) is 0 Å². The first kappa shape index (κ1) is 9.89. The van der Waals surface area contributed by atoms with Crippen molar-refractivity contribution in [2.24, 2.45) is 0 Å². The molecule has 0 unspecified atom stereocenters. The van der Waals surface area contributed by atoms with E-state index in [2.05, 4.69) is 9.97 Å². The van der Waals surface area contributed by atoms with Gasteiger partial charge < -0.3 is 0 Å². The van der Waals surface area contributed by atoms with E-state index in [0.717, 1.165) is 10.4 Å². The molecule has 2 aromatic rings. The molecule has 0 fully saturated rings. The zero-order chi connectivity index (χ0) is 9.97. The highest BCUT2D eigenvalue weighted by atomic mass is 35.5. The molecule has 0 saturated heterocycles. The number of thiophene rings is 1. The summed E-state index contributed by atoms with van der Waals surface area (Å²) < 4.78 is 14.1. The third kappa shape index (κ3) is 2.23. The minimum atomic E-state index is -0.451. The van der Waals surface area contributed by atoms with E-state index in [1.54, 1.807) is 0 Å². The Morgan fingerprint density at radius 3 is 3.07 bits per heavy atom. The normalized spacial score (nSPS) is 10.4. The Kier molecular flexibility index (Phi) is 3.00. The average molecular weight is 247 g/mol. The maximum Gasteiger partial charge on any atom is 0.223 e. The van der Waals surface area contributed by atoms with Gasteiger partial charge in [0.1, 0.15) is 5.03 Å². The molecule has 0 saturated carbocycles. The van der Waals surface area contributed by atoms with Gasteiger partial charge in [0.25, 0.3) is 0 Å². The molecule has 2 nitrogen and oxygen atoms in total. The van der Waals surface area contributed by atoms with Crippen LogP contribution in [0.4, 0.5) is 4.39 Å². The quantitative estimate of drug-likeness (QED) is 0.599. The lowest BCUT2D eigenvalue weighted by Crippen LogP contribution is -1.89. The lowest BCUT2D eigenvalue weighted by molar-refractivity contribution is 0.579.